The summed E-state index contributed by atoms with van der Waals surface area (Å²) in [5.41, 5.74) is 1.15. The van der Waals surface area contributed by atoms with Crippen molar-refractivity contribution in [2.45, 2.75) is 24.8 Å². The highest BCUT2D eigenvalue weighted by Gasteiger charge is 2.15. The van der Waals surface area contributed by atoms with E-state index in [0.717, 1.165) is 10.6 Å². The molecule has 3 N–H and O–H groups in total. The molecule has 1 aliphatic heterocycles. The molecular weight excluding hydrogens is 238 g/mol. The third-order valence-electron chi connectivity index (χ3n) is 2.14. The zero-order chi connectivity index (χ0) is 12.4. The van der Waals surface area contributed by atoms with Gasteiger partial charge >= 0.3 is 5.97 Å². The number of hydrogen-bond donors (Lipinski definition) is 3. The maximum atomic E-state index is 10.8. The van der Waals surface area contributed by atoms with Gasteiger partial charge in [-0.3, -0.25) is 0 Å². The third kappa shape index (κ3) is 2.71. The van der Waals surface area contributed by atoms with E-state index in [1.54, 1.807) is 18.2 Å². The number of anilines is 1. The van der Waals surface area contributed by atoms with Crippen LogP contribution in [0.2, 0.25) is 0 Å². The molecule has 0 unspecified atom stereocenters. The Kier molecular flexibility index (Phi) is 3.23. The van der Waals surface area contributed by atoms with E-state index >= 15 is 0 Å². The van der Waals surface area contributed by atoms with Gasteiger partial charge in [0.25, 0.3) is 0 Å². The maximum Gasteiger partial charge on any atom is 0.335 e. The number of guanidine groups is 1. The maximum absolute atomic E-state index is 10.8. The molecule has 0 atom stereocenters. The molecule has 0 bridgehead atoms. The van der Waals surface area contributed by atoms with Gasteiger partial charge in [0.15, 0.2) is 0 Å². The molecule has 0 aromatic heterocycles. The topological polar surface area (TPSA) is 73.7 Å². The number of aromatic carboxylic acids is 1. The Morgan fingerprint density at radius 2 is 2.29 bits per heavy atom. The van der Waals surface area contributed by atoms with Crippen molar-refractivity contribution in [3.05, 3.63) is 23.8 Å². The Bertz CT molecular complexity index is 486. The third-order valence-corrected chi connectivity index (χ3v) is 2.95. The first-order valence-corrected chi connectivity index (χ1v) is 5.99. The first kappa shape index (κ1) is 11.8. The molecule has 0 fully saturated rings. The molecule has 6 heteroatoms. The van der Waals surface area contributed by atoms with Crippen LogP contribution in [0.4, 0.5) is 5.69 Å². The van der Waals surface area contributed by atoms with Gasteiger partial charge in [-0.2, -0.15) is 4.40 Å². The highest BCUT2D eigenvalue weighted by Crippen LogP contribution is 2.32. The minimum Gasteiger partial charge on any atom is -0.478 e. The Morgan fingerprint density at radius 3 is 2.94 bits per heavy atom. The van der Waals surface area contributed by atoms with Crippen molar-refractivity contribution in [2.24, 2.45) is 4.40 Å². The highest BCUT2D eigenvalue weighted by molar-refractivity contribution is 7.98. The van der Waals surface area contributed by atoms with Gasteiger partial charge in [0.1, 0.15) is 0 Å². The summed E-state index contributed by atoms with van der Waals surface area (Å²) >= 11 is 1.27. The minimum atomic E-state index is -0.927. The van der Waals surface area contributed by atoms with Crippen molar-refractivity contribution in [1.29, 1.82) is 0 Å². The summed E-state index contributed by atoms with van der Waals surface area (Å²) in [7, 11) is 0. The van der Waals surface area contributed by atoms with E-state index in [2.05, 4.69) is 15.0 Å². The smallest absolute Gasteiger partial charge is 0.335 e. The van der Waals surface area contributed by atoms with Gasteiger partial charge in [0.2, 0.25) is 5.96 Å². The van der Waals surface area contributed by atoms with Gasteiger partial charge < -0.3 is 15.7 Å². The molecule has 0 aliphatic carbocycles. The average Bonchev–Trinajstić information content (AvgIpc) is 2.27. The number of carboxylic acids is 1. The van der Waals surface area contributed by atoms with Gasteiger partial charge in [-0.1, -0.05) is 0 Å². The molecule has 0 saturated carbocycles. The predicted molar refractivity (Wildman–Crippen MR) is 68.6 cm³/mol. The molecule has 5 nitrogen and oxygen atoms in total. The van der Waals surface area contributed by atoms with Crippen LogP contribution in [0.25, 0.3) is 0 Å². The normalized spacial score (nSPS) is 13.7. The molecule has 2 rings (SSSR count). The predicted octanol–water partition coefficient (Wildman–Crippen LogP) is 2.17. The number of nitrogens with one attached hydrogen (secondary N) is 2. The average molecular weight is 251 g/mol. The molecule has 1 heterocycles. The number of carbonyl (C=O) groups is 1. The quantitative estimate of drug-likeness (QED) is 0.702. The number of rotatable bonds is 2. The molecule has 1 aliphatic rings. The molecule has 1 aromatic carbocycles. The van der Waals surface area contributed by atoms with E-state index in [1.165, 1.54) is 11.9 Å². The molecule has 0 spiro atoms. The molecule has 0 saturated heterocycles. The van der Waals surface area contributed by atoms with E-state index in [-0.39, 0.29) is 5.56 Å². The standard InChI is InChI=1S/C11H13N3O2S/c1-6(2)12-11-13-8-4-3-7(10(15)16)5-9(8)17-14-11/h3-6H,1-2H3,(H,15,16)(H2,12,13,14). The number of benzene rings is 1. The second kappa shape index (κ2) is 4.67. The molecule has 0 amide bonds. The van der Waals surface area contributed by atoms with Crippen LogP contribution in [0.5, 0.6) is 0 Å². The Labute approximate surface area is 103 Å². The summed E-state index contributed by atoms with van der Waals surface area (Å²) in [4.78, 5) is 11.6. The lowest BCUT2D eigenvalue weighted by Crippen LogP contribution is -2.36. The van der Waals surface area contributed by atoms with Gasteiger partial charge in [-0.25, -0.2) is 4.79 Å². The summed E-state index contributed by atoms with van der Waals surface area (Å²) in [5.74, 6) is -0.232. The van der Waals surface area contributed by atoms with Crippen molar-refractivity contribution in [3.63, 3.8) is 0 Å². The van der Waals surface area contributed by atoms with E-state index in [0.29, 0.717) is 12.0 Å². The monoisotopic (exact) mass is 251 g/mol. The molecule has 0 radical (unpaired) electrons. The fourth-order valence-electron chi connectivity index (χ4n) is 1.42. The lowest BCUT2D eigenvalue weighted by atomic mass is 10.2. The Balaban J connectivity index is 2.20. The Morgan fingerprint density at radius 1 is 1.53 bits per heavy atom. The number of fused-ring (bicyclic) bond motifs is 1. The van der Waals surface area contributed by atoms with Crippen LogP contribution in [0, 0.1) is 0 Å². The summed E-state index contributed by atoms with van der Waals surface area (Å²) in [5, 5.41) is 15.2. The van der Waals surface area contributed by atoms with Crippen LogP contribution in [0.15, 0.2) is 27.5 Å². The van der Waals surface area contributed by atoms with E-state index < -0.39 is 5.97 Å². The molecule has 17 heavy (non-hydrogen) atoms. The van der Waals surface area contributed by atoms with Crippen molar-refractivity contribution in [1.82, 2.24) is 5.32 Å². The van der Waals surface area contributed by atoms with Crippen LogP contribution in [0.3, 0.4) is 0 Å². The Hall–Kier alpha value is -1.69. The molecule has 1 aromatic rings. The van der Waals surface area contributed by atoms with Crippen molar-refractivity contribution < 1.29 is 9.90 Å². The van der Waals surface area contributed by atoms with Gasteiger partial charge in [0.05, 0.1) is 16.1 Å². The SMILES string of the molecule is CC(C)NC1=NSc2cc(C(=O)O)ccc2N1. The number of hydrogen-bond acceptors (Lipinski definition) is 5. The lowest BCUT2D eigenvalue weighted by molar-refractivity contribution is 0.0696. The summed E-state index contributed by atoms with van der Waals surface area (Å²) in [6.07, 6.45) is 0. The first-order chi connectivity index (χ1) is 8.06. The van der Waals surface area contributed by atoms with Crippen molar-refractivity contribution >= 4 is 29.6 Å². The number of nitrogens with zero attached hydrogens (tertiary/aromatic N) is 1. The highest BCUT2D eigenvalue weighted by atomic mass is 32.2. The largest absolute Gasteiger partial charge is 0.478 e. The van der Waals surface area contributed by atoms with Gasteiger partial charge in [-0.15, -0.1) is 0 Å². The van der Waals surface area contributed by atoms with Crippen molar-refractivity contribution in [2.75, 3.05) is 5.32 Å². The summed E-state index contributed by atoms with van der Waals surface area (Å²) in [6.45, 7) is 4.05. The van der Waals surface area contributed by atoms with Crippen LogP contribution in [-0.2, 0) is 0 Å². The minimum absolute atomic E-state index is 0.272. The van der Waals surface area contributed by atoms with Gasteiger partial charge in [-0.05, 0) is 32.0 Å². The van der Waals surface area contributed by atoms with Gasteiger partial charge in [0, 0.05) is 18.0 Å². The first-order valence-electron chi connectivity index (χ1n) is 5.22. The summed E-state index contributed by atoms with van der Waals surface area (Å²) in [6, 6.07) is 5.24. The zero-order valence-electron chi connectivity index (χ0n) is 9.52. The molecular formula is C11H13N3O2S. The second-order valence-electron chi connectivity index (χ2n) is 3.97. The van der Waals surface area contributed by atoms with Crippen LogP contribution < -0.4 is 10.6 Å². The fourth-order valence-corrected chi connectivity index (χ4v) is 2.10. The lowest BCUT2D eigenvalue weighted by Gasteiger charge is -2.20. The van der Waals surface area contributed by atoms with E-state index in [9.17, 15) is 4.79 Å². The van der Waals surface area contributed by atoms with Crippen LogP contribution in [0.1, 0.15) is 24.2 Å². The van der Waals surface area contributed by atoms with Crippen molar-refractivity contribution in [3.8, 4) is 0 Å². The molecule has 90 valence electrons. The number of carboxylic acid groups (broad SMARTS) is 1. The fraction of sp³-hybridized carbons (Fsp3) is 0.273. The second-order valence-corrected chi connectivity index (χ2v) is 4.78. The zero-order valence-corrected chi connectivity index (χ0v) is 10.3. The summed E-state index contributed by atoms with van der Waals surface area (Å²) < 4.78 is 4.23. The van der Waals surface area contributed by atoms with E-state index in [4.69, 9.17) is 5.11 Å². The van der Waals surface area contributed by atoms with Crippen LogP contribution in [-0.4, -0.2) is 23.1 Å². The van der Waals surface area contributed by atoms with E-state index in [1.807, 2.05) is 13.8 Å². The van der Waals surface area contributed by atoms with Crippen LogP contribution >= 0.6 is 11.9 Å².